The average Bonchev–Trinajstić information content (AvgIpc) is 2.85. The van der Waals surface area contributed by atoms with Gasteiger partial charge < -0.3 is 54.7 Å². The summed E-state index contributed by atoms with van der Waals surface area (Å²) < 4.78 is 21.6. The maximum absolute atomic E-state index is 12.0. The van der Waals surface area contributed by atoms with Crippen molar-refractivity contribution in [2.24, 2.45) is 0 Å². The van der Waals surface area contributed by atoms with Crippen molar-refractivity contribution in [3.63, 3.8) is 0 Å². The minimum atomic E-state index is -1.56. The van der Waals surface area contributed by atoms with Gasteiger partial charge in [0.15, 0.2) is 0 Å². The third-order valence-corrected chi connectivity index (χ3v) is 6.51. The third-order valence-electron chi connectivity index (χ3n) is 6.51. The number of aliphatic hydroxyl groups excluding tert-OH is 7. The van der Waals surface area contributed by atoms with Gasteiger partial charge in [-0.3, -0.25) is 4.79 Å². The molecule has 35 heavy (non-hydrogen) atoms. The van der Waals surface area contributed by atoms with E-state index in [2.05, 4.69) is 6.92 Å². The maximum Gasteiger partial charge on any atom is 0.305 e. The molecule has 2 fully saturated rings. The number of ether oxygens (including phenoxy) is 4. The van der Waals surface area contributed by atoms with E-state index in [0.29, 0.717) is 6.42 Å². The topological polar surface area (TPSA) is 196 Å². The predicted octanol–water partition coefficient (Wildman–Crippen LogP) is -2.01. The van der Waals surface area contributed by atoms with Crippen LogP contribution in [0.3, 0.4) is 0 Å². The Kier molecular flexibility index (Phi) is 13.3. The van der Waals surface area contributed by atoms with E-state index in [1.165, 1.54) is 6.42 Å². The second-order valence-electron chi connectivity index (χ2n) is 9.29. The summed E-state index contributed by atoms with van der Waals surface area (Å²) in [5.74, 6) is -0.438. The summed E-state index contributed by atoms with van der Waals surface area (Å²) in [5, 5.41) is 69.6. The van der Waals surface area contributed by atoms with Gasteiger partial charge in [-0.1, -0.05) is 39.0 Å². The maximum atomic E-state index is 12.0. The molecule has 10 atom stereocenters. The Labute approximate surface area is 205 Å². The molecule has 0 spiro atoms. The highest BCUT2D eigenvalue weighted by Crippen LogP contribution is 2.24. The molecule has 0 aromatic heterocycles. The van der Waals surface area contributed by atoms with Gasteiger partial charge in [-0.05, 0) is 6.42 Å². The zero-order chi connectivity index (χ0) is 26.0. The van der Waals surface area contributed by atoms with Crippen LogP contribution in [0.15, 0.2) is 0 Å². The van der Waals surface area contributed by atoms with Crippen LogP contribution in [0.4, 0.5) is 0 Å². The van der Waals surface area contributed by atoms with Crippen LogP contribution in [-0.2, 0) is 23.7 Å². The molecule has 0 aromatic rings. The molecule has 206 valence electrons. The number of hydrogen-bond donors (Lipinski definition) is 7. The van der Waals surface area contributed by atoms with Gasteiger partial charge in [0.25, 0.3) is 0 Å². The average molecular weight is 511 g/mol. The molecule has 2 rings (SSSR count). The van der Waals surface area contributed by atoms with Crippen molar-refractivity contribution in [1.82, 2.24) is 0 Å². The molecule has 2 heterocycles. The van der Waals surface area contributed by atoms with E-state index in [1.807, 2.05) is 0 Å². The Bertz CT molecular complexity index is 605. The molecule has 12 nitrogen and oxygen atoms in total. The van der Waals surface area contributed by atoms with Crippen LogP contribution in [0, 0.1) is 0 Å². The number of esters is 1. The van der Waals surface area contributed by atoms with Crippen LogP contribution >= 0.6 is 0 Å². The standard InChI is InChI=1S/C23H42O12/c1-2-3-4-5-6-7-8-17(25)33-12-16-21(29)23(31)20(28)15(35-16)11-32-10-14-19(27)22(30)18(26)13(9-24)34-14/h13-16,18-24,26-31H,2-12H2,1H3/t13?,14-,15+,16?,18-,19?,20-,21+,22-,23?/m0/s1. The van der Waals surface area contributed by atoms with E-state index >= 15 is 0 Å². The van der Waals surface area contributed by atoms with E-state index in [-0.39, 0.29) is 26.2 Å². The lowest BCUT2D eigenvalue weighted by Gasteiger charge is -2.41. The first-order valence-electron chi connectivity index (χ1n) is 12.4. The zero-order valence-electron chi connectivity index (χ0n) is 20.2. The first-order chi connectivity index (χ1) is 16.7. The largest absolute Gasteiger partial charge is 0.463 e. The van der Waals surface area contributed by atoms with Crippen molar-refractivity contribution < 1.29 is 59.5 Å². The minimum absolute atomic E-state index is 0.242. The van der Waals surface area contributed by atoms with Gasteiger partial charge in [-0.25, -0.2) is 0 Å². The van der Waals surface area contributed by atoms with E-state index in [0.717, 1.165) is 25.7 Å². The fraction of sp³-hybridized carbons (Fsp3) is 0.957. The van der Waals surface area contributed by atoms with Crippen LogP contribution in [0.25, 0.3) is 0 Å². The van der Waals surface area contributed by atoms with Crippen LogP contribution in [0.1, 0.15) is 51.9 Å². The fourth-order valence-corrected chi connectivity index (χ4v) is 4.22. The summed E-state index contributed by atoms with van der Waals surface area (Å²) in [7, 11) is 0. The first-order valence-corrected chi connectivity index (χ1v) is 12.4. The van der Waals surface area contributed by atoms with E-state index < -0.39 is 73.6 Å². The molecule has 0 aliphatic carbocycles. The van der Waals surface area contributed by atoms with E-state index in [1.54, 1.807) is 0 Å². The van der Waals surface area contributed by atoms with E-state index in [9.17, 15) is 40.5 Å². The van der Waals surface area contributed by atoms with Crippen molar-refractivity contribution in [2.45, 2.75) is 113 Å². The molecule has 2 aliphatic rings. The van der Waals surface area contributed by atoms with Gasteiger partial charge in [0.2, 0.25) is 0 Å². The Hall–Kier alpha value is -0.930. The monoisotopic (exact) mass is 510 g/mol. The summed E-state index contributed by atoms with van der Waals surface area (Å²) in [6.45, 7) is 0.705. The summed E-state index contributed by atoms with van der Waals surface area (Å²) in [4.78, 5) is 12.0. The first kappa shape index (κ1) is 30.3. The number of hydrogen-bond acceptors (Lipinski definition) is 12. The lowest BCUT2D eigenvalue weighted by molar-refractivity contribution is -0.255. The van der Waals surface area contributed by atoms with Crippen molar-refractivity contribution in [3.05, 3.63) is 0 Å². The second kappa shape index (κ2) is 15.4. The normalized spacial score (nSPS) is 37.8. The Morgan fingerprint density at radius 3 is 1.66 bits per heavy atom. The highest BCUT2D eigenvalue weighted by atomic mass is 16.6. The smallest absolute Gasteiger partial charge is 0.305 e. The Balaban J connectivity index is 1.77. The van der Waals surface area contributed by atoms with Gasteiger partial charge in [0.1, 0.15) is 67.6 Å². The molecular weight excluding hydrogens is 468 g/mol. The number of carbonyl (C=O) groups is 1. The fourth-order valence-electron chi connectivity index (χ4n) is 4.22. The molecule has 0 radical (unpaired) electrons. The predicted molar refractivity (Wildman–Crippen MR) is 120 cm³/mol. The number of aliphatic hydroxyl groups is 7. The lowest BCUT2D eigenvalue weighted by Crippen LogP contribution is -2.61. The van der Waals surface area contributed by atoms with Gasteiger partial charge in [-0.2, -0.15) is 0 Å². The molecule has 4 unspecified atom stereocenters. The molecule has 0 saturated carbocycles. The Morgan fingerprint density at radius 2 is 1.11 bits per heavy atom. The highest BCUT2D eigenvalue weighted by molar-refractivity contribution is 5.69. The van der Waals surface area contributed by atoms with Crippen molar-refractivity contribution in [1.29, 1.82) is 0 Å². The number of rotatable bonds is 14. The van der Waals surface area contributed by atoms with Gasteiger partial charge in [0, 0.05) is 6.42 Å². The summed E-state index contributed by atoms with van der Waals surface area (Å²) in [6, 6.07) is 0. The summed E-state index contributed by atoms with van der Waals surface area (Å²) in [5.41, 5.74) is 0. The molecule has 0 aromatic carbocycles. The number of carbonyl (C=O) groups excluding carboxylic acids is 1. The Morgan fingerprint density at radius 1 is 0.657 bits per heavy atom. The van der Waals surface area contributed by atoms with Crippen LogP contribution in [0.5, 0.6) is 0 Å². The molecule has 0 amide bonds. The van der Waals surface area contributed by atoms with Crippen molar-refractivity contribution in [3.8, 4) is 0 Å². The lowest BCUT2D eigenvalue weighted by atomic mass is 9.95. The van der Waals surface area contributed by atoms with Gasteiger partial charge in [0.05, 0.1) is 19.8 Å². The molecule has 2 aliphatic heterocycles. The van der Waals surface area contributed by atoms with Gasteiger partial charge >= 0.3 is 5.97 Å². The summed E-state index contributed by atoms with van der Waals surface area (Å²) >= 11 is 0. The van der Waals surface area contributed by atoms with Crippen molar-refractivity contribution in [2.75, 3.05) is 26.4 Å². The SMILES string of the molecule is CCCCCCCCC(=O)OCC1O[C@H](COC[C@@H]2OC(CO)[C@H](O)[C@H](O)C2O)[C@H](O)C(O)[C@@H]1O. The molecule has 12 heteroatoms. The second-order valence-corrected chi connectivity index (χ2v) is 9.29. The van der Waals surface area contributed by atoms with E-state index in [4.69, 9.17) is 18.9 Å². The van der Waals surface area contributed by atoms with Gasteiger partial charge in [-0.15, -0.1) is 0 Å². The molecule has 2 saturated heterocycles. The van der Waals surface area contributed by atoms with Crippen LogP contribution in [0.2, 0.25) is 0 Å². The summed E-state index contributed by atoms with van der Waals surface area (Å²) in [6.07, 6.45) is -6.98. The van der Waals surface area contributed by atoms with Crippen LogP contribution in [-0.4, -0.2) is 129 Å². The molecule has 0 bridgehead atoms. The molecular formula is C23H42O12. The molecule has 7 N–H and O–H groups in total. The number of unbranched alkanes of at least 4 members (excludes halogenated alkanes) is 5. The highest BCUT2D eigenvalue weighted by Gasteiger charge is 2.46. The minimum Gasteiger partial charge on any atom is -0.463 e. The van der Waals surface area contributed by atoms with Crippen molar-refractivity contribution >= 4 is 5.97 Å². The quantitative estimate of drug-likeness (QED) is 0.100. The third kappa shape index (κ3) is 8.85. The zero-order valence-corrected chi connectivity index (χ0v) is 20.2. The van der Waals surface area contributed by atoms with Crippen LogP contribution < -0.4 is 0 Å².